The molecule has 136 valence electrons. The minimum atomic E-state index is -1.35. The fourth-order valence-electron chi connectivity index (χ4n) is 1.93. The maximum absolute atomic E-state index is 12.0. The van der Waals surface area contributed by atoms with Gasteiger partial charge in [0, 0.05) is 29.1 Å². The number of aromatic amines is 1. The number of carboxylic acid groups (broad SMARTS) is 1. The standard InChI is InChI=1S/C15H14N4O6S/c1-7-8(2)16-15(18-13(7)21)26-6-12(20)17-10-3-9(14(22)23)4-11(5-10)19(24)25/h3-5H,6H2,1-2H3,(H,17,20)(H,22,23)(H,16,18,21). The molecule has 0 unspecified atom stereocenters. The molecule has 1 amide bonds. The largest absolute Gasteiger partial charge is 0.478 e. The predicted octanol–water partition coefficient (Wildman–Crippen LogP) is 1.72. The summed E-state index contributed by atoms with van der Waals surface area (Å²) in [5.74, 6) is -2.01. The minimum absolute atomic E-state index is 0.0104. The number of aromatic nitrogens is 2. The van der Waals surface area contributed by atoms with Crippen LogP contribution in [-0.2, 0) is 4.79 Å². The number of nitrogens with zero attached hydrogens (tertiary/aromatic N) is 2. The van der Waals surface area contributed by atoms with Gasteiger partial charge in [-0.2, -0.15) is 0 Å². The normalized spacial score (nSPS) is 10.4. The highest BCUT2D eigenvalue weighted by atomic mass is 32.2. The number of thioether (sulfide) groups is 1. The van der Waals surface area contributed by atoms with Crippen LogP contribution in [0.2, 0.25) is 0 Å². The van der Waals surface area contributed by atoms with Crippen molar-refractivity contribution in [3.05, 3.63) is 55.5 Å². The molecule has 0 bridgehead atoms. The van der Waals surface area contributed by atoms with Gasteiger partial charge in [-0.25, -0.2) is 9.78 Å². The molecule has 0 radical (unpaired) electrons. The molecule has 3 N–H and O–H groups in total. The number of carbonyl (C=O) groups is 2. The number of carbonyl (C=O) groups excluding carboxylic acids is 1. The van der Waals surface area contributed by atoms with Crippen LogP contribution >= 0.6 is 11.8 Å². The molecule has 2 rings (SSSR count). The van der Waals surface area contributed by atoms with Crippen LogP contribution in [0.3, 0.4) is 0 Å². The van der Waals surface area contributed by atoms with Gasteiger partial charge in [-0.15, -0.1) is 0 Å². The highest BCUT2D eigenvalue weighted by Gasteiger charge is 2.15. The summed E-state index contributed by atoms with van der Waals surface area (Å²) in [6.07, 6.45) is 0. The summed E-state index contributed by atoms with van der Waals surface area (Å²) < 4.78 is 0. The highest BCUT2D eigenvalue weighted by molar-refractivity contribution is 7.99. The summed E-state index contributed by atoms with van der Waals surface area (Å²) in [4.78, 5) is 51.5. The Morgan fingerprint density at radius 3 is 2.62 bits per heavy atom. The fourth-order valence-corrected chi connectivity index (χ4v) is 2.64. The Morgan fingerprint density at radius 2 is 2.04 bits per heavy atom. The van der Waals surface area contributed by atoms with E-state index in [4.69, 9.17) is 5.11 Å². The molecular weight excluding hydrogens is 364 g/mol. The van der Waals surface area contributed by atoms with Crippen LogP contribution in [-0.4, -0.2) is 37.6 Å². The molecular formula is C15H14N4O6S. The lowest BCUT2D eigenvalue weighted by molar-refractivity contribution is -0.384. The Labute approximate surface area is 150 Å². The van der Waals surface area contributed by atoms with Gasteiger partial charge in [-0.1, -0.05) is 11.8 Å². The molecule has 0 aliphatic rings. The van der Waals surface area contributed by atoms with E-state index in [1.54, 1.807) is 13.8 Å². The second kappa shape index (κ2) is 7.78. The van der Waals surface area contributed by atoms with Crippen molar-refractivity contribution in [2.75, 3.05) is 11.1 Å². The van der Waals surface area contributed by atoms with Crippen molar-refractivity contribution >= 4 is 35.0 Å². The number of hydrogen-bond donors (Lipinski definition) is 3. The van der Waals surface area contributed by atoms with Crippen molar-refractivity contribution in [2.24, 2.45) is 0 Å². The number of non-ortho nitro benzene ring substituents is 1. The summed E-state index contributed by atoms with van der Waals surface area (Å²) in [5.41, 5.74) is -0.0534. The van der Waals surface area contributed by atoms with E-state index in [2.05, 4.69) is 15.3 Å². The van der Waals surface area contributed by atoms with E-state index in [9.17, 15) is 24.5 Å². The Kier molecular flexibility index (Phi) is 5.72. The number of nitrogens with one attached hydrogen (secondary N) is 2. The Hall–Kier alpha value is -3.21. The summed E-state index contributed by atoms with van der Waals surface area (Å²) in [5, 5.41) is 22.5. The third kappa shape index (κ3) is 4.66. The average Bonchev–Trinajstić information content (AvgIpc) is 2.57. The maximum atomic E-state index is 12.0. The van der Waals surface area contributed by atoms with Gasteiger partial charge >= 0.3 is 5.97 Å². The van der Waals surface area contributed by atoms with E-state index in [-0.39, 0.29) is 27.7 Å². The number of nitro groups is 1. The maximum Gasteiger partial charge on any atom is 0.336 e. The average molecular weight is 378 g/mol. The Morgan fingerprint density at radius 1 is 1.35 bits per heavy atom. The zero-order chi connectivity index (χ0) is 19.4. The Bertz CT molecular complexity index is 923. The van der Waals surface area contributed by atoms with Crippen molar-refractivity contribution in [1.82, 2.24) is 9.97 Å². The lowest BCUT2D eigenvalue weighted by atomic mass is 10.1. The monoisotopic (exact) mass is 378 g/mol. The SMILES string of the molecule is Cc1nc(SCC(=O)Nc2cc(C(=O)O)cc([N+](=O)[O-])c2)[nH]c(=O)c1C. The molecule has 0 fully saturated rings. The first-order valence-electron chi connectivity index (χ1n) is 7.20. The fraction of sp³-hybridized carbons (Fsp3) is 0.200. The number of aryl methyl sites for hydroxylation is 1. The van der Waals surface area contributed by atoms with Gasteiger partial charge in [0.15, 0.2) is 5.16 Å². The highest BCUT2D eigenvalue weighted by Crippen LogP contribution is 2.22. The molecule has 0 aliphatic heterocycles. The number of hydrogen-bond acceptors (Lipinski definition) is 7. The molecule has 0 aliphatic carbocycles. The molecule has 1 aromatic heterocycles. The van der Waals surface area contributed by atoms with Crippen molar-refractivity contribution in [2.45, 2.75) is 19.0 Å². The number of rotatable bonds is 6. The van der Waals surface area contributed by atoms with Gasteiger partial charge in [-0.05, 0) is 19.9 Å². The second-order valence-corrected chi connectivity index (χ2v) is 6.21. The quantitative estimate of drug-likeness (QED) is 0.297. The molecule has 0 atom stereocenters. The number of aromatic carboxylic acids is 1. The van der Waals surface area contributed by atoms with Gasteiger partial charge in [0.1, 0.15) is 0 Å². The lowest BCUT2D eigenvalue weighted by Gasteiger charge is -2.07. The summed E-state index contributed by atoms with van der Waals surface area (Å²) in [6, 6.07) is 3.08. The molecule has 0 saturated heterocycles. The molecule has 10 nitrogen and oxygen atoms in total. The van der Waals surface area contributed by atoms with E-state index < -0.39 is 22.5 Å². The zero-order valence-electron chi connectivity index (χ0n) is 13.7. The van der Waals surface area contributed by atoms with Crippen molar-refractivity contribution in [3.63, 3.8) is 0 Å². The summed E-state index contributed by atoms with van der Waals surface area (Å²) in [7, 11) is 0. The number of amides is 1. The number of carboxylic acids is 1. The number of benzene rings is 1. The van der Waals surface area contributed by atoms with Gasteiger partial charge in [-0.3, -0.25) is 19.7 Å². The molecule has 26 heavy (non-hydrogen) atoms. The smallest absolute Gasteiger partial charge is 0.336 e. The molecule has 1 aromatic carbocycles. The van der Waals surface area contributed by atoms with Crippen molar-refractivity contribution in [3.8, 4) is 0 Å². The third-order valence-corrected chi connectivity index (χ3v) is 4.25. The van der Waals surface area contributed by atoms with Gasteiger partial charge in [0.05, 0.1) is 16.2 Å². The first-order valence-corrected chi connectivity index (χ1v) is 8.19. The van der Waals surface area contributed by atoms with E-state index in [0.29, 0.717) is 11.3 Å². The molecule has 2 aromatic rings. The van der Waals surface area contributed by atoms with Crippen molar-refractivity contribution < 1.29 is 19.6 Å². The van der Waals surface area contributed by atoms with Crippen LogP contribution in [0, 0.1) is 24.0 Å². The van der Waals surface area contributed by atoms with E-state index >= 15 is 0 Å². The first-order chi connectivity index (χ1) is 12.2. The van der Waals surface area contributed by atoms with Crippen LogP contribution in [0.25, 0.3) is 0 Å². The van der Waals surface area contributed by atoms with E-state index in [1.165, 1.54) is 0 Å². The third-order valence-electron chi connectivity index (χ3n) is 3.37. The van der Waals surface area contributed by atoms with Gasteiger partial charge < -0.3 is 15.4 Å². The number of nitro benzene ring substituents is 1. The van der Waals surface area contributed by atoms with Crippen LogP contribution < -0.4 is 10.9 Å². The van der Waals surface area contributed by atoms with Crippen LogP contribution in [0.5, 0.6) is 0 Å². The molecule has 11 heteroatoms. The van der Waals surface area contributed by atoms with E-state index in [1.807, 2.05) is 0 Å². The van der Waals surface area contributed by atoms with E-state index in [0.717, 1.165) is 30.0 Å². The first kappa shape index (κ1) is 19.1. The molecule has 1 heterocycles. The predicted molar refractivity (Wildman–Crippen MR) is 93.7 cm³/mol. The Balaban J connectivity index is 2.11. The van der Waals surface area contributed by atoms with Crippen molar-refractivity contribution in [1.29, 1.82) is 0 Å². The van der Waals surface area contributed by atoms with Gasteiger partial charge in [0.25, 0.3) is 11.2 Å². The second-order valence-electron chi connectivity index (χ2n) is 5.25. The van der Waals surface area contributed by atoms with Crippen LogP contribution in [0.15, 0.2) is 28.2 Å². The van der Waals surface area contributed by atoms with Crippen LogP contribution in [0.4, 0.5) is 11.4 Å². The summed E-state index contributed by atoms with van der Waals surface area (Å²) in [6.45, 7) is 3.30. The van der Waals surface area contributed by atoms with Gasteiger partial charge in [0.2, 0.25) is 5.91 Å². The minimum Gasteiger partial charge on any atom is -0.478 e. The summed E-state index contributed by atoms with van der Waals surface area (Å²) >= 11 is 0.977. The molecule has 0 saturated carbocycles. The number of anilines is 1. The number of H-pyrrole nitrogens is 1. The lowest BCUT2D eigenvalue weighted by Crippen LogP contribution is -2.17. The topological polar surface area (TPSA) is 155 Å². The van der Waals surface area contributed by atoms with Crippen LogP contribution in [0.1, 0.15) is 21.6 Å². The molecule has 0 spiro atoms. The zero-order valence-corrected chi connectivity index (χ0v) is 14.5.